The van der Waals surface area contributed by atoms with Gasteiger partial charge in [-0.2, -0.15) is 0 Å². The molecule has 0 fully saturated rings. The summed E-state index contributed by atoms with van der Waals surface area (Å²) in [5.74, 6) is 0. The van der Waals surface area contributed by atoms with Gasteiger partial charge >= 0.3 is 44.6 Å². The first kappa shape index (κ1) is 16.0. The summed E-state index contributed by atoms with van der Waals surface area (Å²) < 4.78 is 17.0. The Bertz CT molecular complexity index is 32.5. The molecule has 0 saturated carbocycles. The van der Waals surface area contributed by atoms with Crippen LogP contribution in [-0.4, -0.2) is 0 Å². The zero-order valence-electron chi connectivity index (χ0n) is 3.82. The van der Waals surface area contributed by atoms with Crippen molar-refractivity contribution in [3.8, 4) is 0 Å². The van der Waals surface area contributed by atoms with Crippen LogP contribution in [0.1, 0.15) is 1.43 Å². The summed E-state index contributed by atoms with van der Waals surface area (Å²) in [6.45, 7) is 0. The van der Waals surface area contributed by atoms with E-state index in [1.807, 2.05) is 0 Å². The second-order valence-corrected chi connectivity index (χ2v) is 0.344. The summed E-state index contributed by atoms with van der Waals surface area (Å²) in [5, 5.41) is 0. The SMILES string of the molecule is [H-].[Li+].[O]=[Ti]=[O].[Ti]. The maximum atomic E-state index is 8.50. The Labute approximate surface area is 67.2 Å². The molecule has 0 aromatic heterocycles. The van der Waals surface area contributed by atoms with Crippen LogP contribution in [0, 0.1) is 0 Å². The predicted octanol–water partition coefficient (Wildman–Crippen LogP) is -3.13. The van der Waals surface area contributed by atoms with Crippen molar-refractivity contribution in [2.45, 2.75) is 0 Å². The minimum atomic E-state index is -2.00. The molecule has 0 heterocycles. The smallest absolute Gasteiger partial charge is 0 e. The van der Waals surface area contributed by atoms with Crippen LogP contribution in [0.4, 0.5) is 0 Å². The van der Waals surface area contributed by atoms with Gasteiger partial charge in [-0.05, 0) is 0 Å². The number of hydrogen-bond donors (Lipinski definition) is 0. The van der Waals surface area contributed by atoms with Gasteiger partial charge in [-0.3, -0.25) is 0 Å². The number of rotatable bonds is 0. The molecule has 0 aliphatic rings. The monoisotopic (exact) mass is 136 g/mol. The van der Waals surface area contributed by atoms with Gasteiger partial charge in [-0.1, -0.05) is 0 Å². The van der Waals surface area contributed by atoms with Crippen molar-refractivity contribution in [3.63, 3.8) is 0 Å². The zero-order valence-corrected chi connectivity index (χ0v) is 5.94. The van der Waals surface area contributed by atoms with E-state index in [1.165, 1.54) is 0 Å². The van der Waals surface area contributed by atoms with Crippen molar-refractivity contribution in [1.29, 1.82) is 0 Å². The summed E-state index contributed by atoms with van der Waals surface area (Å²) in [7, 11) is 0. The van der Waals surface area contributed by atoms with E-state index in [0.717, 1.165) is 0 Å². The number of hydrogen-bond acceptors (Lipinski definition) is 2. The van der Waals surface area contributed by atoms with E-state index in [-0.39, 0.29) is 42.0 Å². The molecule has 0 aliphatic heterocycles. The van der Waals surface area contributed by atoms with E-state index in [1.54, 1.807) is 0 Å². The Morgan fingerprint density at radius 2 is 1.40 bits per heavy atom. The average molecular weight is 136 g/mol. The van der Waals surface area contributed by atoms with Gasteiger partial charge in [0.1, 0.15) is 0 Å². The molecule has 0 amide bonds. The fraction of sp³-hybridized carbons (Fsp3) is 0. The maximum Gasteiger partial charge on any atom is 0 e. The van der Waals surface area contributed by atoms with Crippen LogP contribution < -0.4 is 18.9 Å². The van der Waals surface area contributed by atoms with Crippen molar-refractivity contribution in [1.82, 2.24) is 0 Å². The molecule has 0 saturated heterocycles. The Morgan fingerprint density at radius 3 is 1.40 bits per heavy atom. The molecule has 22 valence electrons. The first-order valence-electron chi connectivity index (χ1n) is 0.408. The van der Waals surface area contributed by atoms with Crippen LogP contribution in [0.15, 0.2) is 0 Å². The van der Waals surface area contributed by atoms with E-state index in [9.17, 15) is 0 Å². The third-order valence-corrected chi connectivity index (χ3v) is 0. The molecule has 0 aromatic rings. The average Bonchev–Trinajstić information content (AvgIpc) is 0.918. The minimum absolute atomic E-state index is 0. The van der Waals surface area contributed by atoms with Gasteiger partial charge in [0, 0.05) is 21.7 Å². The molecule has 0 radical (unpaired) electrons. The van der Waals surface area contributed by atoms with Gasteiger partial charge in [-0.25, -0.2) is 0 Å². The first-order chi connectivity index (χ1) is 1.41. The molecule has 0 atom stereocenters. The second kappa shape index (κ2) is 17.5. The third kappa shape index (κ3) is 28.0. The van der Waals surface area contributed by atoms with Gasteiger partial charge in [0.15, 0.2) is 0 Å². The van der Waals surface area contributed by atoms with Crippen LogP contribution in [0.25, 0.3) is 0 Å². The topological polar surface area (TPSA) is 34.1 Å². The Kier molecular flexibility index (Phi) is 55.7. The van der Waals surface area contributed by atoms with Crippen LogP contribution in [0.3, 0.4) is 0 Å². The van der Waals surface area contributed by atoms with Gasteiger partial charge < -0.3 is 1.43 Å². The minimum Gasteiger partial charge on any atom is 0 e. The zero-order chi connectivity index (χ0) is 2.71. The van der Waals surface area contributed by atoms with Crippen molar-refractivity contribution in [3.05, 3.63) is 0 Å². The van der Waals surface area contributed by atoms with Crippen LogP contribution in [0.2, 0.25) is 0 Å². The third-order valence-electron chi connectivity index (χ3n) is 0. The van der Waals surface area contributed by atoms with Gasteiger partial charge in [0.25, 0.3) is 0 Å². The normalized spacial score (nSPS) is 1.60. The van der Waals surface area contributed by atoms with E-state index in [2.05, 4.69) is 0 Å². The van der Waals surface area contributed by atoms with Gasteiger partial charge in [-0.15, -0.1) is 0 Å². The van der Waals surface area contributed by atoms with E-state index in [0.29, 0.717) is 0 Å². The molecule has 5 heavy (non-hydrogen) atoms. The molecule has 2 nitrogen and oxygen atoms in total. The summed E-state index contributed by atoms with van der Waals surface area (Å²) in [6, 6.07) is 0. The van der Waals surface area contributed by atoms with Crippen molar-refractivity contribution in [2.24, 2.45) is 0 Å². The van der Waals surface area contributed by atoms with E-state index in [4.69, 9.17) is 6.65 Å². The standard InChI is InChI=1S/Li.2O.2Ti.H/q+1;;;;;-1. The summed E-state index contributed by atoms with van der Waals surface area (Å²) >= 11 is -2.00. The van der Waals surface area contributed by atoms with Gasteiger partial charge in [0.2, 0.25) is 0 Å². The molecule has 5 heteroatoms. The molecule has 0 N–H and O–H groups in total. The largest absolute Gasteiger partial charge is 0 e. The van der Waals surface area contributed by atoms with Gasteiger partial charge in [0.05, 0.1) is 0 Å². The Morgan fingerprint density at radius 1 is 1.40 bits per heavy atom. The van der Waals surface area contributed by atoms with Crippen molar-refractivity contribution in [2.75, 3.05) is 0 Å². The molecular weight excluding hydrogens is 135 g/mol. The predicted molar refractivity (Wildman–Crippen MR) is 2.49 cm³/mol. The molecular formula is HLiO2Ti2. The van der Waals surface area contributed by atoms with E-state index >= 15 is 0 Å². The Balaban J connectivity index is -0.00000000667. The van der Waals surface area contributed by atoms with E-state index < -0.39 is 19.1 Å². The molecule has 0 bridgehead atoms. The van der Waals surface area contributed by atoms with Crippen LogP contribution in [-0.2, 0) is 47.5 Å². The van der Waals surface area contributed by atoms with Crippen molar-refractivity contribution < 1.29 is 67.7 Å². The summed E-state index contributed by atoms with van der Waals surface area (Å²) in [5.41, 5.74) is 0. The summed E-state index contributed by atoms with van der Waals surface area (Å²) in [6.07, 6.45) is 0. The molecule has 0 aliphatic carbocycles. The fourth-order valence-electron chi connectivity index (χ4n) is 0. The molecule has 0 unspecified atom stereocenters. The quantitative estimate of drug-likeness (QED) is 0.330. The Hall–Kier alpha value is 1.63. The van der Waals surface area contributed by atoms with Crippen LogP contribution in [0.5, 0.6) is 0 Å². The molecule has 0 rings (SSSR count). The van der Waals surface area contributed by atoms with Crippen LogP contribution >= 0.6 is 0 Å². The summed E-state index contributed by atoms with van der Waals surface area (Å²) in [4.78, 5) is 0. The first-order valence-corrected chi connectivity index (χ1v) is 1.68. The van der Waals surface area contributed by atoms with Crippen molar-refractivity contribution >= 4 is 0 Å². The second-order valence-electron chi connectivity index (χ2n) is 0.0833. The molecule has 0 spiro atoms. The fourth-order valence-corrected chi connectivity index (χ4v) is 0. The molecule has 0 aromatic carbocycles. The maximum absolute atomic E-state index is 8.50.